The maximum atomic E-state index is 6.02. The number of aliphatic imine (C=N–C) groups is 1. The zero-order valence-electron chi connectivity index (χ0n) is 14.7. The summed E-state index contributed by atoms with van der Waals surface area (Å²) < 4.78 is 15.7. The molecule has 24 heavy (non-hydrogen) atoms. The van der Waals surface area contributed by atoms with Gasteiger partial charge in [0.1, 0.15) is 0 Å². The molecule has 0 spiro atoms. The number of ether oxygens (including phenoxy) is 3. The molecule has 3 N–H and O–H groups in total. The summed E-state index contributed by atoms with van der Waals surface area (Å²) in [6.45, 7) is 3.49. The van der Waals surface area contributed by atoms with Crippen molar-refractivity contribution in [2.45, 2.75) is 18.9 Å². The molecule has 7 heteroatoms. The largest absolute Gasteiger partial charge is 0.493 e. The van der Waals surface area contributed by atoms with Crippen LogP contribution in [0.1, 0.15) is 12.8 Å². The average molecular weight is 336 g/mol. The molecule has 1 aliphatic rings. The van der Waals surface area contributed by atoms with Crippen LogP contribution in [0.15, 0.2) is 23.2 Å². The number of rotatable bonds is 8. The van der Waals surface area contributed by atoms with Crippen molar-refractivity contribution in [2.24, 2.45) is 10.7 Å². The second kappa shape index (κ2) is 9.34. The van der Waals surface area contributed by atoms with Gasteiger partial charge < -0.3 is 25.3 Å². The van der Waals surface area contributed by atoms with E-state index in [1.54, 1.807) is 21.3 Å². The molecule has 0 aromatic heterocycles. The fourth-order valence-corrected chi connectivity index (χ4v) is 2.91. The first-order valence-electron chi connectivity index (χ1n) is 8.20. The van der Waals surface area contributed by atoms with Gasteiger partial charge in [-0.2, -0.15) is 0 Å². The van der Waals surface area contributed by atoms with Crippen LogP contribution in [0.3, 0.4) is 0 Å². The van der Waals surface area contributed by atoms with Crippen LogP contribution >= 0.6 is 0 Å². The van der Waals surface area contributed by atoms with E-state index in [-0.39, 0.29) is 0 Å². The fourth-order valence-electron chi connectivity index (χ4n) is 2.91. The Labute approximate surface area is 143 Å². The van der Waals surface area contributed by atoms with E-state index in [9.17, 15) is 0 Å². The van der Waals surface area contributed by atoms with Gasteiger partial charge in [0, 0.05) is 31.5 Å². The van der Waals surface area contributed by atoms with Gasteiger partial charge in [-0.25, -0.2) is 0 Å². The second-order valence-corrected chi connectivity index (χ2v) is 5.75. The molecule has 1 atom stereocenters. The highest BCUT2D eigenvalue weighted by Gasteiger charge is 2.23. The van der Waals surface area contributed by atoms with Crippen molar-refractivity contribution in [3.8, 4) is 11.5 Å². The first-order chi connectivity index (χ1) is 11.7. The summed E-state index contributed by atoms with van der Waals surface area (Å²) in [6, 6.07) is 5.98. The first-order valence-corrected chi connectivity index (χ1v) is 8.20. The van der Waals surface area contributed by atoms with E-state index < -0.39 is 0 Å². The van der Waals surface area contributed by atoms with Crippen LogP contribution in [0, 0.1) is 0 Å². The lowest BCUT2D eigenvalue weighted by Crippen LogP contribution is -2.35. The number of guanidine groups is 1. The van der Waals surface area contributed by atoms with Crippen LogP contribution in [-0.4, -0.2) is 64.5 Å². The molecule has 0 aliphatic carbocycles. The standard InChI is InChI=1S/C17H28N4O3/c1-22-10-9-21-8-4-5-14(21)12-19-17(18)20-13-6-7-15(23-2)16(11-13)24-3/h6-7,11,14H,4-5,8-10,12H2,1-3H3,(H3,18,19,20). The number of nitrogens with one attached hydrogen (secondary N) is 1. The van der Waals surface area contributed by atoms with Crippen molar-refractivity contribution < 1.29 is 14.2 Å². The van der Waals surface area contributed by atoms with Crippen LogP contribution in [0.25, 0.3) is 0 Å². The van der Waals surface area contributed by atoms with Crippen LogP contribution in [0.2, 0.25) is 0 Å². The minimum absolute atomic E-state index is 0.404. The summed E-state index contributed by atoms with van der Waals surface area (Å²) in [5, 5.41) is 3.10. The molecule has 1 saturated heterocycles. The minimum Gasteiger partial charge on any atom is -0.493 e. The minimum atomic E-state index is 0.404. The fraction of sp³-hybridized carbons (Fsp3) is 0.588. The Morgan fingerprint density at radius 1 is 1.29 bits per heavy atom. The summed E-state index contributed by atoms with van der Waals surface area (Å²) in [4.78, 5) is 6.90. The van der Waals surface area contributed by atoms with Gasteiger partial charge in [0.2, 0.25) is 0 Å². The molecule has 2 rings (SSSR count). The second-order valence-electron chi connectivity index (χ2n) is 5.75. The van der Waals surface area contributed by atoms with E-state index in [0.717, 1.165) is 31.8 Å². The van der Waals surface area contributed by atoms with Crippen molar-refractivity contribution in [2.75, 3.05) is 52.9 Å². The van der Waals surface area contributed by atoms with Crippen LogP contribution in [-0.2, 0) is 4.74 Å². The molecule has 0 amide bonds. The van der Waals surface area contributed by atoms with E-state index in [1.807, 2.05) is 18.2 Å². The monoisotopic (exact) mass is 336 g/mol. The smallest absolute Gasteiger partial charge is 0.193 e. The molecular weight excluding hydrogens is 308 g/mol. The molecule has 1 aromatic carbocycles. The predicted octanol–water partition coefficient (Wildman–Crippen LogP) is 1.54. The van der Waals surface area contributed by atoms with Gasteiger partial charge in [0.15, 0.2) is 17.5 Å². The molecule has 0 saturated carbocycles. The molecule has 0 bridgehead atoms. The number of benzene rings is 1. The van der Waals surface area contributed by atoms with Gasteiger partial charge in [-0.3, -0.25) is 9.89 Å². The highest BCUT2D eigenvalue weighted by atomic mass is 16.5. The topological polar surface area (TPSA) is 81.3 Å². The van der Waals surface area contributed by atoms with E-state index in [4.69, 9.17) is 19.9 Å². The zero-order valence-corrected chi connectivity index (χ0v) is 14.7. The number of methoxy groups -OCH3 is 3. The van der Waals surface area contributed by atoms with Crippen molar-refractivity contribution in [3.63, 3.8) is 0 Å². The highest BCUT2D eigenvalue weighted by Crippen LogP contribution is 2.29. The van der Waals surface area contributed by atoms with E-state index in [1.165, 1.54) is 6.42 Å². The average Bonchev–Trinajstić information content (AvgIpc) is 3.05. The van der Waals surface area contributed by atoms with E-state index in [2.05, 4.69) is 15.2 Å². The molecule has 7 nitrogen and oxygen atoms in total. The number of hydrogen-bond acceptors (Lipinski definition) is 5. The van der Waals surface area contributed by atoms with Gasteiger partial charge in [-0.05, 0) is 31.5 Å². The summed E-state index contributed by atoms with van der Waals surface area (Å²) in [5.74, 6) is 1.73. The lowest BCUT2D eigenvalue weighted by molar-refractivity contribution is 0.143. The molecular formula is C17H28N4O3. The number of likely N-dealkylation sites (tertiary alicyclic amines) is 1. The number of anilines is 1. The Morgan fingerprint density at radius 2 is 2.08 bits per heavy atom. The number of nitrogens with zero attached hydrogens (tertiary/aromatic N) is 2. The molecule has 0 radical (unpaired) electrons. The summed E-state index contributed by atoms with van der Waals surface area (Å²) in [7, 11) is 4.94. The Bertz CT molecular complexity index is 551. The van der Waals surface area contributed by atoms with E-state index >= 15 is 0 Å². The predicted molar refractivity (Wildman–Crippen MR) is 96.1 cm³/mol. The van der Waals surface area contributed by atoms with Crippen molar-refractivity contribution in [3.05, 3.63) is 18.2 Å². The lowest BCUT2D eigenvalue weighted by Gasteiger charge is -2.22. The van der Waals surface area contributed by atoms with Crippen molar-refractivity contribution in [1.82, 2.24) is 4.90 Å². The lowest BCUT2D eigenvalue weighted by atomic mass is 10.2. The van der Waals surface area contributed by atoms with E-state index in [0.29, 0.717) is 30.0 Å². The third kappa shape index (κ3) is 5.01. The van der Waals surface area contributed by atoms with Gasteiger partial charge in [0.05, 0.1) is 27.4 Å². The number of nitrogens with two attached hydrogens (primary N) is 1. The first kappa shape index (κ1) is 18.4. The van der Waals surface area contributed by atoms with Gasteiger partial charge in [-0.1, -0.05) is 0 Å². The molecule has 1 aromatic rings. The summed E-state index contributed by atoms with van der Waals surface area (Å²) >= 11 is 0. The Hall–Kier alpha value is -1.99. The third-order valence-corrected chi connectivity index (χ3v) is 4.21. The van der Waals surface area contributed by atoms with Gasteiger partial charge >= 0.3 is 0 Å². The van der Waals surface area contributed by atoms with Gasteiger partial charge in [-0.15, -0.1) is 0 Å². The SMILES string of the molecule is COCCN1CCCC1CN=C(N)Nc1ccc(OC)c(OC)c1. The van der Waals surface area contributed by atoms with Gasteiger partial charge in [0.25, 0.3) is 0 Å². The highest BCUT2D eigenvalue weighted by molar-refractivity contribution is 5.92. The Morgan fingerprint density at radius 3 is 2.79 bits per heavy atom. The summed E-state index contributed by atoms with van der Waals surface area (Å²) in [6.07, 6.45) is 2.35. The van der Waals surface area contributed by atoms with Crippen LogP contribution in [0.4, 0.5) is 5.69 Å². The summed E-state index contributed by atoms with van der Waals surface area (Å²) in [5.41, 5.74) is 6.83. The zero-order chi connectivity index (χ0) is 17.4. The molecule has 1 fully saturated rings. The number of hydrogen-bond donors (Lipinski definition) is 2. The van der Waals surface area contributed by atoms with Crippen LogP contribution < -0.4 is 20.5 Å². The molecule has 1 unspecified atom stereocenters. The van der Waals surface area contributed by atoms with Crippen LogP contribution in [0.5, 0.6) is 11.5 Å². The van der Waals surface area contributed by atoms with Crippen molar-refractivity contribution in [1.29, 1.82) is 0 Å². The Kier molecular flexibility index (Phi) is 7.14. The maximum absolute atomic E-state index is 6.02. The Balaban J connectivity index is 1.91. The molecule has 134 valence electrons. The maximum Gasteiger partial charge on any atom is 0.193 e. The molecule has 1 aliphatic heterocycles. The normalized spacial score (nSPS) is 18.6. The third-order valence-electron chi connectivity index (χ3n) is 4.21. The quantitative estimate of drug-likeness (QED) is 0.554. The molecule has 1 heterocycles. The van der Waals surface area contributed by atoms with Crippen molar-refractivity contribution >= 4 is 11.6 Å².